The molecule has 1 aliphatic heterocycles. The molecular weight excluding hydrogens is 394 g/mol. The molecule has 126 valence electrons. The molecule has 1 aromatic carbocycles. The number of aliphatic hydroxyl groups is 4. The summed E-state index contributed by atoms with van der Waals surface area (Å²) in [4.78, 5) is 2.93. The fourth-order valence-corrected chi connectivity index (χ4v) is 3.11. The summed E-state index contributed by atoms with van der Waals surface area (Å²) < 4.78 is 11.7. The number of ether oxygens (including phenoxy) is 2. The van der Waals surface area contributed by atoms with Crippen LogP contribution in [0.1, 0.15) is 0 Å². The van der Waals surface area contributed by atoms with Crippen molar-refractivity contribution in [3.05, 3.63) is 27.8 Å². The van der Waals surface area contributed by atoms with E-state index in [4.69, 9.17) is 21.1 Å². The molecular formula is C14H15BrClNO6. The maximum atomic E-state index is 10.0. The van der Waals surface area contributed by atoms with Crippen molar-refractivity contribution >= 4 is 38.4 Å². The Balaban J connectivity index is 1.92. The molecule has 2 heterocycles. The third kappa shape index (κ3) is 3.08. The molecule has 1 saturated heterocycles. The van der Waals surface area contributed by atoms with Gasteiger partial charge in [0.05, 0.1) is 12.1 Å². The molecule has 5 atom stereocenters. The van der Waals surface area contributed by atoms with Crippen LogP contribution in [0, 0.1) is 0 Å². The van der Waals surface area contributed by atoms with E-state index in [-0.39, 0.29) is 10.9 Å². The number of halogens is 2. The highest BCUT2D eigenvalue weighted by Gasteiger charge is 2.45. The van der Waals surface area contributed by atoms with Crippen molar-refractivity contribution in [2.24, 2.45) is 0 Å². The van der Waals surface area contributed by atoms with E-state index in [1.807, 2.05) is 6.07 Å². The van der Waals surface area contributed by atoms with Crippen molar-refractivity contribution < 1.29 is 29.9 Å². The maximum absolute atomic E-state index is 10.0. The molecule has 9 heteroatoms. The Morgan fingerprint density at radius 1 is 1.22 bits per heavy atom. The van der Waals surface area contributed by atoms with Crippen molar-refractivity contribution in [2.45, 2.75) is 30.7 Å². The molecule has 5 N–H and O–H groups in total. The number of fused-ring (bicyclic) bond motifs is 1. The largest absolute Gasteiger partial charge is 0.458 e. The van der Waals surface area contributed by atoms with Gasteiger partial charge in [-0.25, -0.2) is 0 Å². The highest BCUT2D eigenvalue weighted by atomic mass is 79.9. The first kappa shape index (κ1) is 17.0. The van der Waals surface area contributed by atoms with Crippen molar-refractivity contribution in [3.8, 4) is 5.75 Å². The summed E-state index contributed by atoms with van der Waals surface area (Å²) in [7, 11) is 0. The average Bonchev–Trinajstić information content (AvgIpc) is 2.83. The van der Waals surface area contributed by atoms with E-state index in [0.29, 0.717) is 5.39 Å². The normalized spacial score (nSPS) is 31.5. The molecule has 0 amide bonds. The number of hydrogen-bond donors (Lipinski definition) is 5. The minimum atomic E-state index is -1.51. The SMILES string of the molecule is OC[C@H]1OC(Oc2c(Cl)[nH]c3ccc(Br)cc23)[C@H](O)[C@@H](O)[C@H]1O. The Morgan fingerprint density at radius 2 is 1.96 bits per heavy atom. The summed E-state index contributed by atoms with van der Waals surface area (Å²) in [5.74, 6) is 0.243. The van der Waals surface area contributed by atoms with Crippen molar-refractivity contribution in [3.63, 3.8) is 0 Å². The van der Waals surface area contributed by atoms with Gasteiger partial charge in [-0.15, -0.1) is 0 Å². The molecule has 23 heavy (non-hydrogen) atoms. The van der Waals surface area contributed by atoms with Gasteiger partial charge in [0.15, 0.2) is 5.75 Å². The van der Waals surface area contributed by atoms with Crippen LogP contribution in [0.5, 0.6) is 5.75 Å². The van der Waals surface area contributed by atoms with Crippen LogP contribution in [0.4, 0.5) is 0 Å². The van der Waals surface area contributed by atoms with E-state index in [2.05, 4.69) is 20.9 Å². The second-order valence-electron chi connectivity index (χ2n) is 5.27. The maximum Gasteiger partial charge on any atom is 0.229 e. The molecule has 2 aromatic rings. The van der Waals surface area contributed by atoms with Gasteiger partial charge in [-0.2, -0.15) is 0 Å². The second kappa shape index (κ2) is 6.56. The smallest absolute Gasteiger partial charge is 0.229 e. The minimum absolute atomic E-state index is 0.204. The number of hydrogen-bond acceptors (Lipinski definition) is 6. The highest BCUT2D eigenvalue weighted by molar-refractivity contribution is 9.10. The standard InChI is InChI=1S/C14H15BrClNO6/c15-5-1-2-7-6(3-5)12(13(16)17-7)23-14-11(21)10(20)9(19)8(4-18)22-14/h1-3,8-11,14,17-21H,4H2/t8-,9+,10+,11-,14?/m1/s1. The van der Waals surface area contributed by atoms with Gasteiger partial charge in [-0.3, -0.25) is 0 Å². The first-order chi connectivity index (χ1) is 10.9. The lowest BCUT2D eigenvalue weighted by Crippen LogP contribution is -2.60. The summed E-state index contributed by atoms with van der Waals surface area (Å²) in [5, 5.41) is 39.7. The molecule has 1 aromatic heterocycles. The van der Waals surface area contributed by atoms with E-state index in [1.165, 1.54) is 0 Å². The van der Waals surface area contributed by atoms with Crippen LogP contribution in [0.15, 0.2) is 22.7 Å². The van der Waals surface area contributed by atoms with E-state index in [9.17, 15) is 20.4 Å². The van der Waals surface area contributed by atoms with Crippen LogP contribution in [0.2, 0.25) is 5.15 Å². The third-order valence-electron chi connectivity index (χ3n) is 3.75. The van der Waals surface area contributed by atoms with Gasteiger partial charge in [0.2, 0.25) is 6.29 Å². The monoisotopic (exact) mass is 407 g/mol. The Kier molecular flexibility index (Phi) is 4.84. The number of nitrogens with one attached hydrogen (secondary N) is 1. The average molecular weight is 409 g/mol. The first-order valence-corrected chi connectivity index (χ1v) is 8.03. The van der Waals surface area contributed by atoms with Gasteiger partial charge in [0, 0.05) is 9.86 Å². The van der Waals surface area contributed by atoms with Crippen molar-refractivity contribution in [2.75, 3.05) is 6.61 Å². The van der Waals surface area contributed by atoms with Crippen molar-refractivity contribution in [1.29, 1.82) is 0 Å². The molecule has 7 nitrogen and oxygen atoms in total. The van der Waals surface area contributed by atoms with Gasteiger partial charge < -0.3 is 34.9 Å². The predicted molar refractivity (Wildman–Crippen MR) is 85.4 cm³/mol. The first-order valence-electron chi connectivity index (χ1n) is 6.86. The molecule has 0 aliphatic carbocycles. The molecule has 1 fully saturated rings. The molecule has 1 aliphatic rings. The molecule has 3 rings (SSSR count). The Bertz CT molecular complexity index is 708. The summed E-state index contributed by atoms with van der Waals surface area (Å²) >= 11 is 9.48. The van der Waals surface area contributed by atoms with Gasteiger partial charge in [0.1, 0.15) is 29.6 Å². The topological polar surface area (TPSA) is 115 Å². The van der Waals surface area contributed by atoms with Crippen LogP contribution in [-0.2, 0) is 4.74 Å². The Labute approximate surface area is 144 Å². The van der Waals surface area contributed by atoms with E-state index in [0.717, 1.165) is 9.99 Å². The Hall–Kier alpha value is -0.870. The van der Waals surface area contributed by atoms with Gasteiger partial charge >= 0.3 is 0 Å². The highest BCUT2D eigenvalue weighted by Crippen LogP contribution is 2.37. The number of aromatic amines is 1. The lowest BCUT2D eigenvalue weighted by molar-refractivity contribution is -0.277. The third-order valence-corrected chi connectivity index (χ3v) is 4.51. The number of rotatable bonds is 3. The summed E-state index contributed by atoms with van der Waals surface area (Å²) in [6.45, 7) is -0.530. The van der Waals surface area contributed by atoms with Crippen LogP contribution in [-0.4, -0.2) is 62.7 Å². The zero-order chi connectivity index (χ0) is 16.7. The van der Waals surface area contributed by atoms with Gasteiger partial charge in [-0.1, -0.05) is 27.5 Å². The molecule has 0 radical (unpaired) electrons. The van der Waals surface area contributed by atoms with E-state index in [1.54, 1.807) is 12.1 Å². The molecule has 0 bridgehead atoms. The molecule has 0 saturated carbocycles. The fraction of sp³-hybridized carbons (Fsp3) is 0.429. The number of aliphatic hydroxyl groups excluding tert-OH is 4. The predicted octanol–water partition coefficient (Wildman–Crippen LogP) is 0.762. The fourth-order valence-electron chi connectivity index (χ4n) is 2.50. The molecule has 1 unspecified atom stereocenters. The quantitative estimate of drug-likeness (QED) is 0.512. The van der Waals surface area contributed by atoms with Crippen LogP contribution in [0.25, 0.3) is 10.9 Å². The van der Waals surface area contributed by atoms with Crippen LogP contribution >= 0.6 is 27.5 Å². The number of aromatic nitrogens is 1. The number of benzene rings is 1. The van der Waals surface area contributed by atoms with E-state index < -0.39 is 37.3 Å². The molecule has 0 spiro atoms. The summed E-state index contributed by atoms with van der Waals surface area (Å²) in [6, 6.07) is 5.40. The van der Waals surface area contributed by atoms with E-state index >= 15 is 0 Å². The Morgan fingerprint density at radius 3 is 2.65 bits per heavy atom. The van der Waals surface area contributed by atoms with Gasteiger partial charge in [0.25, 0.3) is 0 Å². The zero-order valence-corrected chi connectivity index (χ0v) is 14.0. The minimum Gasteiger partial charge on any atom is -0.458 e. The zero-order valence-electron chi connectivity index (χ0n) is 11.7. The number of H-pyrrole nitrogens is 1. The summed E-state index contributed by atoms with van der Waals surface area (Å²) in [6.07, 6.45) is -6.79. The van der Waals surface area contributed by atoms with Crippen molar-refractivity contribution in [1.82, 2.24) is 4.98 Å². The van der Waals surface area contributed by atoms with Crippen LogP contribution in [0.3, 0.4) is 0 Å². The summed E-state index contributed by atoms with van der Waals surface area (Å²) in [5.41, 5.74) is 0.720. The van der Waals surface area contributed by atoms with Crippen LogP contribution < -0.4 is 4.74 Å². The van der Waals surface area contributed by atoms with Gasteiger partial charge in [-0.05, 0) is 18.2 Å². The lowest BCUT2D eigenvalue weighted by atomic mass is 9.99. The second-order valence-corrected chi connectivity index (χ2v) is 6.57. The lowest BCUT2D eigenvalue weighted by Gasteiger charge is -2.39.